The van der Waals surface area contributed by atoms with E-state index in [2.05, 4.69) is 6.92 Å². The van der Waals surface area contributed by atoms with Gasteiger partial charge in [0.25, 0.3) is 0 Å². The lowest BCUT2D eigenvalue weighted by molar-refractivity contribution is 0.457. The molecule has 2 rings (SSSR count). The van der Waals surface area contributed by atoms with E-state index in [-0.39, 0.29) is 12.0 Å². The molecule has 0 aromatic carbocycles. The van der Waals surface area contributed by atoms with E-state index in [4.69, 9.17) is 10.9 Å². The van der Waals surface area contributed by atoms with Gasteiger partial charge in [0.05, 0.1) is 4.75 Å². The van der Waals surface area contributed by atoms with E-state index in [1.807, 2.05) is 0 Å². The SMILES string of the molecule is CC1CC(C2(S(N)(=O)=O)CC2)CC1N. The van der Waals surface area contributed by atoms with Crippen LogP contribution in [-0.4, -0.2) is 19.2 Å². The van der Waals surface area contributed by atoms with E-state index < -0.39 is 14.8 Å². The first-order valence-electron chi connectivity index (χ1n) is 5.15. The molecule has 0 bridgehead atoms. The first kappa shape index (κ1) is 10.4. The smallest absolute Gasteiger partial charge is 0.215 e. The number of rotatable bonds is 2. The lowest BCUT2D eigenvalue weighted by atomic mass is 10.0. The lowest BCUT2D eigenvalue weighted by Gasteiger charge is -2.20. The zero-order chi connectivity index (χ0) is 10.6. The summed E-state index contributed by atoms with van der Waals surface area (Å²) in [5.41, 5.74) is 5.90. The Morgan fingerprint density at radius 1 is 1.29 bits per heavy atom. The molecule has 3 atom stereocenters. The summed E-state index contributed by atoms with van der Waals surface area (Å²) in [6.07, 6.45) is 3.20. The third kappa shape index (κ3) is 1.38. The highest BCUT2D eigenvalue weighted by atomic mass is 32.2. The minimum absolute atomic E-state index is 0.152. The van der Waals surface area contributed by atoms with Crippen molar-refractivity contribution in [3.8, 4) is 0 Å². The van der Waals surface area contributed by atoms with Gasteiger partial charge in [-0.15, -0.1) is 0 Å². The molecule has 0 aromatic heterocycles. The first-order chi connectivity index (χ1) is 6.37. The van der Waals surface area contributed by atoms with Gasteiger partial charge in [0.1, 0.15) is 0 Å². The number of hydrogen-bond acceptors (Lipinski definition) is 3. The second kappa shape index (κ2) is 2.93. The molecule has 2 fully saturated rings. The van der Waals surface area contributed by atoms with Crippen molar-refractivity contribution >= 4 is 10.0 Å². The maximum atomic E-state index is 11.5. The van der Waals surface area contributed by atoms with Crippen molar-refractivity contribution < 1.29 is 8.42 Å². The maximum absolute atomic E-state index is 11.5. The van der Waals surface area contributed by atoms with Crippen molar-refractivity contribution in [1.82, 2.24) is 0 Å². The Morgan fingerprint density at radius 3 is 2.14 bits per heavy atom. The molecule has 0 saturated heterocycles. The van der Waals surface area contributed by atoms with Gasteiger partial charge < -0.3 is 5.73 Å². The van der Waals surface area contributed by atoms with Gasteiger partial charge in [0.2, 0.25) is 10.0 Å². The highest BCUT2D eigenvalue weighted by Crippen LogP contribution is 2.54. The highest BCUT2D eigenvalue weighted by Gasteiger charge is 2.60. The molecule has 0 aliphatic heterocycles. The van der Waals surface area contributed by atoms with Crippen molar-refractivity contribution in [2.24, 2.45) is 22.7 Å². The van der Waals surface area contributed by atoms with Crippen LogP contribution in [0.2, 0.25) is 0 Å². The molecule has 0 aromatic rings. The molecule has 4 N–H and O–H groups in total. The summed E-state index contributed by atoms with van der Waals surface area (Å²) in [6, 6.07) is 0.152. The third-order valence-electron chi connectivity index (χ3n) is 4.00. The first-order valence-corrected chi connectivity index (χ1v) is 6.69. The number of nitrogens with two attached hydrogens (primary N) is 2. The summed E-state index contributed by atoms with van der Waals surface area (Å²) in [5, 5.41) is 5.28. The Labute approximate surface area is 85.1 Å². The number of hydrogen-bond donors (Lipinski definition) is 2. The predicted molar refractivity (Wildman–Crippen MR) is 54.9 cm³/mol. The summed E-state index contributed by atoms with van der Waals surface area (Å²) in [5.74, 6) is 0.627. The molecular formula is C9H18N2O2S. The van der Waals surface area contributed by atoms with Crippen LogP contribution in [0.15, 0.2) is 0 Å². The van der Waals surface area contributed by atoms with E-state index in [1.165, 1.54) is 0 Å². The highest BCUT2D eigenvalue weighted by molar-refractivity contribution is 7.90. The van der Waals surface area contributed by atoms with E-state index in [0.717, 1.165) is 25.7 Å². The third-order valence-corrected chi connectivity index (χ3v) is 5.87. The van der Waals surface area contributed by atoms with Gasteiger partial charge in [-0.25, -0.2) is 13.6 Å². The van der Waals surface area contributed by atoms with Crippen molar-refractivity contribution in [1.29, 1.82) is 0 Å². The minimum Gasteiger partial charge on any atom is -0.327 e. The Hall–Kier alpha value is -0.130. The van der Waals surface area contributed by atoms with Gasteiger partial charge in [-0.2, -0.15) is 0 Å². The van der Waals surface area contributed by atoms with Gasteiger partial charge in [-0.3, -0.25) is 0 Å². The van der Waals surface area contributed by atoms with Crippen molar-refractivity contribution in [2.75, 3.05) is 0 Å². The summed E-state index contributed by atoms with van der Waals surface area (Å²) in [4.78, 5) is 0. The molecule has 14 heavy (non-hydrogen) atoms. The Balaban J connectivity index is 2.18. The fourth-order valence-electron chi connectivity index (χ4n) is 2.76. The molecule has 2 aliphatic carbocycles. The van der Waals surface area contributed by atoms with Gasteiger partial charge >= 0.3 is 0 Å². The van der Waals surface area contributed by atoms with Gasteiger partial charge in [0.15, 0.2) is 0 Å². The van der Waals surface area contributed by atoms with Crippen LogP contribution in [0.5, 0.6) is 0 Å². The van der Waals surface area contributed by atoms with E-state index in [0.29, 0.717) is 5.92 Å². The monoisotopic (exact) mass is 218 g/mol. The van der Waals surface area contributed by atoms with E-state index in [9.17, 15) is 8.42 Å². The van der Waals surface area contributed by atoms with Crippen molar-refractivity contribution in [3.05, 3.63) is 0 Å². The van der Waals surface area contributed by atoms with Gasteiger partial charge in [0, 0.05) is 6.04 Å². The molecule has 0 amide bonds. The van der Waals surface area contributed by atoms with Crippen LogP contribution in [0.4, 0.5) is 0 Å². The normalized spacial score (nSPS) is 41.2. The molecular weight excluding hydrogens is 200 g/mol. The molecule has 2 saturated carbocycles. The molecule has 0 heterocycles. The van der Waals surface area contributed by atoms with Crippen molar-refractivity contribution in [2.45, 2.75) is 43.4 Å². The van der Waals surface area contributed by atoms with Gasteiger partial charge in [-0.05, 0) is 37.5 Å². The summed E-state index contributed by atoms with van der Waals surface area (Å²) in [6.45, 7) is 2.09. The summed E-state index contributed by atoms with van der Waals surface area (Å²) >= 11 is 0. The summed E-state index contributed by atoms with van der Waals surface area (Å²) < 4.78 is 22.3. The van der Waals surface area contributed by atoms with Crippen LogP contribution in [-0.2, 0) is 10.0 Å². The van der Waals surface area contributed by atoms with Crippen molar-refractivity contribution in [3.63, 3.8) is 0 Å². The van der Waals surface area contributed by atoms with Crippen LogP contribution in [0.1, 0.15) is 32.6 Å². The van der Waals surface area contributed by atoms with E-state index >= 15 is 0 Å². The molecule has 4 nitrogen and oxygen atoms in total. The fourth-order valence-corrected chi connectivity index (χ4v) is 4.09. The van der Waals surface area contributed by atoms with Crippen LogP contribution >= 0.6 is 0 Å². The molecule has 0 radical (unpaired) electrons. The zero-order valence-corrected chi connectivity index (χ0v) is 9.26. The molecule has 82 valence electrons. The van der Waals surface area contributed by atoms with Crippen LogP contribution in [0, 0.1) is 11.8 Å². The standard InChI is InChI=1S/C9H18N2O2S/c1-6-4-7(5-8(6)10)9(2-3-9)14(11,12)13/h6-8H,2-5,10H2,1H3,(H2,11,12,13). The molecule has 0 spiro atoms. The van der Waals surface area contributed by atoms with Crippen LogP contribution in [0.3, 0.4) is 0 Å². The van der Waals surface area contributed by atoms with E-state index in [1.54, 1.807) is 0 Å². The zero-order valence-electron chi connectivity index (χ0n) is 8.44. The largest absolute Gasteiger partial charge is 0.327 e. The second-order valence-corrected chi connectivity index (χ2v) is 6.82. The number of sulfonamides is 1. The minimum atomic E-state index is -3.38. The average Bonchev–Trinajstić information content (AvgIpc) is 2.76. The summed E-state index contributed by atoms with van der Waals surface area (Å²) in [7, 11) is -3.38. The van der Waals surface area contributed by atoms with Crippen LogP contribution < -0.4 is 10.9 Å². The van der Waals surface area contributed by atoms with Crippen LogP contribution in [0.25, 0.3) is 0 Å². The lowest BCUT2D eigenvalue weighted by Crippen LogP contribution is -2.37. The maximum Gasteiger partial charge on any atom is 0.215 e. The predicted octanol–water partition coefficient (Wildman–Crippen LogP) is 0.181. The molecule has 2 aliphatic rings. The Morgan fingerprint density at radius 2 is 1.86 bits per heavy atom. The number of primary sulfonamides is 1. The second-order valence-electron chi connectivity index (χ2n) is 4.92. The molecule has 5 heteroatoms. The van der Waals surface area contributed by atoms with Gasteiger partial charge in [-0.1, -0.05) is 6.92 Å². The molecule has 3 unspecified atom stereocenters. The Bertz CT molecular complexity index is 325. The fraction of sp³-hybridized carbons (Fsp3) is 1.00. The average molecular weight is 218 g/mol. The quantitative estimate of drug-likeness (QED) is 0.693. The Kier molecular flexibility index (Phi) is 2.18. The topological polar surface area (TPSA) is 86.2 Å².